The first-order valence-electron chi connectivity index (χ1n) is 8.37. The Morgan fingerprint density at radius 3 is 1.92 bits per heavy atom. The maximum atomic E-state index is 12.4. The van der Waals surface area contributed by atoms with Crippen LogP contribution in [0.5, 0.6) is 0 Å². The summed E-state index contributed by atoms with van der Waals surface area (Å²) < 4.78 is 0. The van der Waals surface area contributed by atoms with Crippen LogP contribution in [0, 0.1) is 13.8 Å². The van der Waals surface area contributed by atoms with Gasteiger partial charge in [0.05, 0.1) is 10.7 Å². The lowest BCUT2D eigenvalue weighted by Crippen LogP contribution is -2.30. The van der Waals surface area contributed by atoms with Gasteiger partial charge in [0.25, 0.3) is 0 Å². The van der Waals surface area contributed by atoms with E-state index < -0.39 is 11.8 Å². The fourth-order valence-electron chi connectivity index (χ4n) is 2.82. The van der Waals surface area contributed by atoms with Crippen molar-refractivity contribution in [2.75, 3.05) is 10.6 Å². The Morgan fingerprint density at radius 2 is 1.44 bits per heavy atom. The summed E-state index contributed by atoms with van der Waals surface area (Å²) in [7, 11) is 0. The number of hydrogen-bond donors (Lipinski definition) is 2. The highest BCUT2D eigenvalue weighted by molar-refractivity contribution is 6.45. The number of nitrogens with one attached hydrogen (secondary N) is 2. The zero-order valence-electron chi connectivity index (χ0n) is 15.0. The Labute approximate surface area is 153 Å². The molecule has 0 radical (unpaired) electrons. The van der Waals surface area contributed by atoms with E-state index >= 15 is 0 Å². The summed E-state index contributed by atoms with van der Waals surface area (Å²) in [5.74, 6) is -1.44. The first-order valence-corrected chi connectivity index (χ1v) is 8.75. The minimum atomic E-state index is -0.734. The highest BCUT2D eigenvalue weighted by Crippen LogP contribution is 2.27. The number of carbonyl (C=O) groups is 2. The van der Waals surface area contributed by atoms with Crippen LogP contribution in [-0.4, -0.2) is 11.8 Å². The second-order valence-electron chi connectivity index (χ2n) is 6.01. The van der Waals surface area contributed by atoms with Crippen molar-refractivity contribution < 1.29 is 9.59 Å². The number of amides is 2. The highest BCUT2D eigenvalue weighted by Gasteiger charge is 2.19. The van der Waals surface area contributed by atoms with Crippen LogP contribution in [0.4, 0.5) is 11.4 Å². The summed E-state index contributed by atoms with van der Waals surface area (Å²) in [5.41, 5.74) is 5.00. The molecule has 2 N–H and O–H groups in total. The van der Waals surface area contributed by atoms with E-state index in [4.69, 9.17) is 11.6 Å². The number of anilines is 2. The minimum absolute atomic E-state index is 0.418. The van der Waals surface area contributed by atoms with E-state index in [9.17, 15) is 9.59 Å². The van der Waals surface area contributed by atoms with E-state index in [-0.39, 0.29) is 0 Å². The van der Waals surface area contributed by atoms with Gasteiger partial charge in [0.15, 0.2) is 0 Å². The zero-order chi connectivity index (χ0) is 18.6. The van der Waals surface area contributed by atoms with Gasteiger partial charge >= 0.3 is 11.8 Å². The van der Waals surface area contributed by atoms with Gasteiger partial charge in [-0.2, -0.15) is 0 Å². The quantitative estimate of drug-likeness (QED) is 0.781. The number of hydrogen-bond acceptors (Lipinski definition) is 2. The van der Waals surface area contributed by atoms with Crippen molar-refractivity contribution in [3.05, 3.63) is 57.6 Å². The van der Waals surface area contributed by atoms with Crippen molar-refractivity contribution in [1.82, 2.24) is 0 Å². The van der Waals surface area contributed by atoms with Gasteiger partial charge in [-0.05, 0) is 55.0 Å². The predicted octanol–water partition coefficient (Wildman–Crippen LogP) is 4.66. The standard InChI is InChI=1S/C20H23ClN2O2/c1-5-14-8-7-9-15(6-2)18(14)23-20(25)19(24)22-17-13(4)10-12(3)11-16(17)21/h7-11H,5-6H2,1-4H3,(H,22,24)(H,23,25). The van der Waals surface area contributed by atoms with Crippen LogP contribution >= 0.6 is 11.6 Å². The van der Waals surface area contributed by atoms with E-state index in [1.165, 1.54) is 0 Å². The molecule has 0 saturated heterocycles. The molecule has 0 aliphatic rings. The molecule has 25 heavy (non-hydrogen) atoms. The van der Waals surface area contributed by atoms with Crippen LogP contribution in [-0.2, 0) is 22.4 Å². The molecule has 0 aliphatic carbocycles. The molecule has 0 unspecified atom stereocenters. The van der Waals surface area contributed by atoms with E-state index in [0.717, 1.165) is 40.8 Å². The maximum absolute atomic E-state index is 12.4. The third-order valence-electron chi connectivity index (χ3n) is 4.11. The molecule has 5 heteroatoms. The molecule has 4 nitrogen and oxygen atoms in total. The third kappa shape index (κ3) is 4.40. The van der Waals surface area contributed by atoms with Crippen molar-refractivity contribution in [2.24, 2.45) is 0 Å². The Morgan fingerprint density at radius 1 is 0.920 bits per heavy atom. The van der Waals surface area contributed by atoms with Crippen molar-refractivity contribution in [1.29, 1.82) is 0 Å². The number of benzene rings is 2. The molecule has 2 rings (SSSR count). The van der Waals surface area contributed by atoms with Crippen molar-refractivity contribution in [2.45, 2.75) is 40.5 Å². The number of carbonyl (C=O) groups excluding carboxylic acids is 2. The molecule has 0 atom stereocenters. The number of para-hydroxylation sites is 1. The van der Waals surface area contributed by atoms with Crippen LogP contribution in [0.2, 0.25) is 5.02 Å². The van der Waals surface area contributed by atoms with Crippen molar-refractivity contribution in [3.63, 3.8) is 0 Å². The molecular formula is C20H23ClN2O2. The van der Waals surface area contributed by atoms with Gasteiger partial charge in [0.1, 0.15) is 0 Å². The molecule has 2 aromatic carbocycles. The van der Waals surface area contributed by atoms with Gasteiger partial charge in [0.2, 0.25) is 0 Å². The molecule has 0 heterocycles. The Bertz CT molecular complexity index is 770. The molecule has 2 amide bonds. The SMILES string of the molecule is CCc1cccc(CC)c1NC(=O)C(=O)Nc1c(C)cc(C)cc1Cl. The monoisotopic (exact) mass is 358 g/mol. The fourth-order valence-corrected chi connectivity index (χ4v) is 3.19. The Balaban J connectivity index is 2.21. The van der Waals surface area contributed by atoms with Crippen LogP contribution in [0.15, 0.2) is 30.3 Å². The Hall–Kier alpha value is -2.33. The first kappa shape index (κ1) is 19.0. The average molecular weight is 359 g/mol. The smallest absolute Gasteiger partial charge is 0.314 e. The van der Waals surface area contributed by atoms with Crippen LogP contribution in [0.1, 0.15) is 36.1 Å². The first-order chi connectivity index (χ1) is 11.9. The summed E-state index contributed by atoms with van der Waals surface area (Å²) in [4.78, 5) is 24.7. The summed E-state index contributed by atoms with van der Waals surface area (Å²) in [6.07, 6.45) is 1.54. The molecule has 0 spiro atoms. The highest BCUT2D eigenvalue weighted by atomic mass is 35.5. The average Bonchev–Trinajstić information content (AvgIpc) is 2.57. The second kappa shape index (κ2) is 8.17. The van der Waals surface area contributed by atoms with Gasteiger partial charge in [-0.25, -0.2) is 0 Å². The summed E-state index contributed by atoms with van der Waals surface area (Å²) in [6.45, 7) is 7.79. The van der Waals surface area contributed by atoms with Gasteiger partial charge in [-0.3, -0.25) is 9.59 Å². The zero-order valence-corrected chi connectivity index (χ0v) is 15.8. The molecule has 0 fully saturated rings. The predicted molar refractivity (Wildman–Crippen MR) is 103 cm³/mol. The molecule has 2 aromatic rings. The molecule has 0 aliphatic heterocycles. The minimum Gasteiger partial charge on any atom is -0.317 e. The van der Waals surface area contributed by atoms with Gasteiger partial charge in [-0.1, -0.05) is 49.7 Å². The topological polar surface area (TPSA) is 58.2 Å². The number of rotatable bonds is 4. The summed E-state index contributed by atoms with van der Waals surface area (Å²) in [6, 6.07) is 9.52. The summed E-state index contributed by atoms with van der Waals surface area (Å²) >= 11 is 6.19. The fraction of sp³-hybridized carbons (Fsp3) is 0.300. The second-order valence-corrected chi connectivity index (χ2v) is 6.41. The molecule has 132 valence electrons. The molecular weight excluding hydrogens is 336 g/mol. The molecule has 0 saturated carbocycles. The number of halogens is 1. The summed E-state index contributed by atoms with van der Waals surface area (Å²) in [5, 5.41) is 5.79. The Kier molecular flexibility index (Phi) is 6.21. The van der Waals surface area contributed by atoms with Gasteiger partial charge in [0, 0.05) is 5.69 Å². The molecule has 0 aromatic heterocycles. The third-order valence-corrected chi connectivity index (χ3v) is 4.41. The van der Waals surface area contributed by atoms with Crippen molar-refractivity contribution >= 4 is 34.8 Å². The van der Waals surface area contributed by atoms with Crippen LogP contribution < -0.4 is 10.6 Å². The van der Waals surface area contributed by atoms with E-state index in [0.29, 0.717) is 10.7 Å². The van der Waals surface area contributed by atoms with Gasteiger partial charge in [-0.15, -0.1) is 0 Å². The lowest BCUT2D eigenvalue weighted by molar-refractivity contribution is -0.133. The number of aryl methyl sites for hydroxylation is 4. The lowest BCUT2D eigenvalue weighted by Gasteiger charge is -2.15. The lowest BCUT2D eigenvalue weighted by atomic mass is 10.0. The van der Waals surface area contributed by atoms with E-state index in [1.54, 1.807) is 6.07 Å². The normalized spacial score (nSPS) is 10.4. The van der Waals surface area contributed by atoms with Gasteiger partial charge < -0.3 is 10.6 Å². The molecule has 0 bridgehead atoms. The van der Waals surface area contributed by atoms with Crippen molar-refractivity contribution in [3.8, 4) is 0 Å². The largest absolute Gasteiger partial charge is 0.317 e. The van der Waals surface area contributed by atoms with E-state index in [1.807, 2.05) is 52.0 Å². The van der Waals surface area contributed by atoms with Crippen LogP contribution in [0.25, 0.3) is 0 Å². The maximum Gasteiger partial charge on any atom is 0.314 e. The van der Waals surface area contributed by atoms with Crippen LogP contribution in [0.3, 0.4) is 0 Å². The van der Waals surface area contributed by atoms with E-state index in [2.05, 4.69) is 10.6 Å².